The summed E-state index contributed by atoms with van der Waals surface area (Å²) in [5.74, 6) is 0. The van der Waals surface area contributed by atoms with Crippen LogP contribution in [0.25, 0.3) is 4.85 Å². The molecule has 1 heterocycles. The molecule has 0 aromatic rings. The van der Waals surface area contributed by atoms with E-state index in [2.05, 4.69) is 30.5 Å². The Morgan fingerprint density at radius 2 is 2.09 bits per heavy atom. The van der Waals surface area contributed by atoms with Crippen molar-refractivity contribution in [3.8, 4) is 0 Å². The predicted molar refractivity (Wildman–Crippen MR) is 46.1 cm³/mol. The van der Waals surface area contributed by atoms with Gasteiger partial charge in [-0.3, -0.25) is 4.85 Å². The van der Waals surface area contributed by atoms with E-state index in [0.717, 1.165) is 13.0 Å². The molecular formula is C9H16N2. The monoisotopic (exact) mass is 152 g/mol. The van der Waals surface area contributed by atoms with E-state index in [1.807, 2.05) is 0 Å². The van der Waals surface area contributed by atoms with Gasteiger partial charge in [-0.2, -0.15) is 0 Å². The third-order valence-electron chi connectivity index (χ3n) is 2.23. The zero-order chi connectivity index (χ0) is 8.48. The molecule has 0 aliphatic carbocycles. The molecule has 1 fully saturated rings. The van der Waals surface area contributed by atoms with Crippen molar-refractivity contribution in [2.24, 2.45) is 0 Å². The summed E-state index contributed by atoms with van der Waals surface area (Å²) < 4.78 is 0. The predicted octanol–water partition coefficient (Wildman–Crippen LogP) is 2.13. The molecule has 1 saturated heterocycles. The Bertz CT molecular complexity index is 173. The van der Waals surface area contributed by atoms with Crippen LogP contribution < -0.4 is 0 Å². The van der Waals surface area contributed by atoms with Crippen LogP contribution in [0.4, 0.5) is 0 Å². The minimum absolute atomic E-state index is 0.148. The summed E-state index contributed by atoms with van der Waals surface area (Å²) in [6.07, 6.45) is 2.39. The second-order valence-electron chi connectivity index (χ2n) is 4.12. The molecule has 1 aliphatic rings. The van der Waals surface area contributed by atoms with Crippen LogP contribution in [0, 0.1) is 6.57 Å². The third kappa shape index (κ3) is 1.72. The highest BCUT2D eigenvalue weighted by molar-refractivity contribution is 4.92. The average Bonchev–Trinajstić information content (AvgIpc) is 2.31. The first kappa shape index (κ1) is 8.55. The summed E-state index contributed by atoms with van der Waals surface area (Å²) in [5.41, 5.74) is 0.172. The lowest BCUT2D eigenvalue weighted by atomic mass is 10.1. The van der Waals surface area contributed by atoms with Crippen LogP contribution in [0.15, 0.2) is 0 Å². The van der Waals surface area contributed by atoms with E-state index in [4.69, 9.17) is 6.57 Å². The lowest BCUT2D eigenvalue weighted by molar-refractivity contribution is 0.142. The van der Waals surface area contributed by atoms with Gasteiger partial charge < -0.3 is 0 Å². The van der Waals surface area contributed by atoms with Crippen LogP contribution in [0.3, 0.4) is 0 Å². The molecule has 0 saturated carbocycles. The van der Waals surface area contributed by atoms with Gasteiger partial charge in [-0.05, 0) is 27.2 Å². The second-order valence-corrected chi connectivity index (χ2v) is 4.12. The summed E-state index contributed by atoms with van der Waals surface area (Å²) in [7, 11) is 0. The van der Waals surface area contributed by atoms with Crippen LogP contribution in [0.2, 0.25) is 0 Å². The van der Waals surface area contributed by atoms with Gasteiger partial charge >= 0.3 is 0 Å². The molecule has 0 bridgehead atoms. The topological polar surface area (TPSA) is 7.60 Å². The van der Waals surface area contributed by atoms with Crippen molar-refractivity contribution in [1.29, 1.82) is 0 Å². The number of nitrogens with zero attached hydrogens (tertiary/aromatic N) is 2. The minimum atomic E-state index is 0.148. The molecule has 2 heteroatoms. The lowest BCUT2D eigenvalue weighted by Gasteiger charge is -2.30. The van der Waals surface area contributed by atoms with Gasteiger partial charge in [-0.15, -0.1) is 0 Å². The van der Waals surface area contributed by atoms with Gasteiger partial charge in [0.25, 0.3) is 6.17 Å². The number of hydrogen-bond acceptors (Lipinski definition) is 1. The van der Waals surface area contributed by atoms with Crippen LogP contribution >= 0.6 is 0 Å². The van der Waals surface area contributed by atoms with Crippen LogP contribution in [-0.4, -0.2) is 23.1 Å². The van der Waals surface area contributed by atoms with Crippen molar-refractivity contribution in [2.45, 2.75) is 45.3 Å². The molecule has 0 amide bonds. The van der Waals surface area contributed by atoms with Gasteiger partial charge in [0, 0.05) is 18.5 Å². The van der Waals surface area contributed by atoms with E-state index in [1.165, 1.54) is 6.42 Å². The summed E-state index contributed by atoms with van der Waals surface area (Å²) in [6.45, 7) is 14.6. The summed E-state index contributed by atoms with van der Waals surface area (Å²) in [4.78, 5) is 5.90. The molecule has 62 valence electrons. The van der Waals surface area contributed by atoms with Crippen LogP contribution in [0.1, 0.15) is 33.6 Å². The molecule has 1 aliphatic heterocycles. The first-order valence-corrected chi connectivity index (χ1v) is 4.19. The first-order chi connectivity index (χ1) is 5.05. The van der Waals surface area contributed by atoms with Crippen molar-refractivity contribution in [2.75, 3.05) is 6.54 Å². The van der Waals surface area contributed by atoms with Crippen molar-refractivity contribution in [3.63, 3.8) is 0 Å². The molecule has 1 atom stereocenters. The maximum atomic E-state index is 6.99. The van der Waals surface area contributed by atoms with E-state index >= 15 is 0 Å². The molecule has 0 radical (unpaired) electrons. The maximum Gasteiger partial charge on any atom is 0.280 e. The van der Waals surface area contributed by atoms with Crippen LogP contribution in [0.5, 0.6) is 0 Å². The van der Waals surface area contributed by atoms with E-state index < -0.39 is 0 Å². The molecule has 0 aromatic carbocycles. The smallest absolute Gasteiger partial charge is 0.280 e. The van der Waals surface area contributed by atoms with Crippen molar-refractivity contribution in [1.82, 2.24) is 4.90 Å². The van der Waals surface area contributed by atoms with Crippen molar-refractivity contribution >= 4 is 0 Å². The van der Waals surface area contributed by atoms with Gasteiger partial charge in [0.1, 0.15) is 0 Å². The molecule has 0 N–H and O–H groups in total. The van der Waals surface area contributed by atoms with Crippen LogP contribution in [-0.2, 0) is 0 Å². The highest BCUT2D eigenvalue weighted by atomic mass is 15.3. The van der Waals surface area contributed by atoms with Gasteiger partial charge in [0.2, 0.25) is 0 Å². The fourth-order valence-electron chi connectivity index (χ4n) is 1.67. The van der Waals surface area contributed by atoms with Gasteiger partial charge in [0.05, 0.1) is 0 Å². The van der Waals surface area contributed by atoms with Gasteiger partial charge in [-0.1, -0.05) is 0 Å². The zero-order valence-corrected chi connectivity index (χ0v) is 7.59. The fraction of sp³-hybridized carbons (Fsp3) is 0.889. The number of likely N-dealkylation sites (tertiary alicyclic amines) is 1. The molecular weight excluding hydrogens is 136 g/mol. The Balaban J connectivity index is 2.66. The summed E-state index contributed by atoms with van der Waals surface area (Å²) in [5, 5.41) is 0. The average molecular weight is 152 g/mol. The summed E-state index contributed by atoms with van der Waals surface area (Å²) >= 11 is 0. The molecule has 11 heavy (non-hydrogen) atoms. The molecule has 2 nitrogen and oxygen atoms in total. The lowest BCUT2D eigenvalue weighted by Crippen LogP contribution is -2.43. The minimum Gasteiger partial charge on any atom is -0.296 e. The number of rotatable bonds is 0. The maximum absolute atomic E-state index is 6.99. The Hall–Kier alpha value is -0.550. The normalized spacial score (nSPS) is 26.9. The molecule has 0 spiro atoms. The van der Waals surface area contributed by atoms with E-state index in [1.54, 1.807) is 0 Å². The van der Waals surface area contributed by atoms with E-state index in [9.17, 15) is 0 Å². The Morgan fingerprint density at radius 3 is 2.45 bits per heavy atom. The highest BCUT2D eigenvalue weighted by Gasteiger charge is 2.36. The third-order valence-corrected chi connectivity index (χ3v) is 2.23. The Kier molecular flexibility index (Phi) is 2.20. The zero-order valence-electron chi connectivity index (χ0n) is 7.59. The quantitative estimate of drug-likeness (QED) is 0.482. The highest BCUT2D eigenvalue weighted by Crippen LogP contribution is 2.26. The molecule has 1 rings (SSSR count). The second kappa shape index (κ2) is 2.83. The summed E-state index contributed by atoms with van der Waals surface area (Å²) in [6, 6.07) is 0. The van der Waals surface area contributed by atoms with Gasteiger partial charge in [-0.25, -0.2) is 11.5 Å². The Morgan fingerprint density at radius 1 is 1.45 bits per heavy atom. The largest absolute Gasteiger partial charge is 0.296 e. The standard InChI is InChI=1S/C9H16N2/c1-9(2,3)11-7-5-6-8(11)10-4/h8H,5-7H2,1-3H3. The fourth-order valence-corrected chi connectivity index (χ4v) is 1.67. The SMILES string of the molecule is [C-]#[N+]C1CCCN1C(C)(C)C. The molecule has 1 unspecified atom stereocenters. The van der Waals surface area contributed by atoms with E-state index in [-0.39, 0.29) is 11.7 Å². The Labute approximate surface area is 69.0 Å². The van der Waals surface area contributed by atoms with Crippen molar-refractivity contribution < 1.29 is 0 Å². The van der Waals surface area contributed by atoms with E-state index in [0.29, 0.717) is 0 Å². The number of hydrogen-bond donors (Lipinski definition) is 0. The molecule has 0 aromatic heterocycles. The first-order valence-electron chi connectivity index (χ1n) is 4.19. The van der Waals surface area contributed by atoms with Crippen molar-refractivity contribution in [3.05, 3.63) is 11.4 Å². The van der Waals surface area contributed by atoms with Gasteiger partial charge in [0.15, 0.2) is 0 Å².